The maximum atomic E-state index is 12.1. The molecule has 0 aliphatic heterocycles. The van der Waals surface area contributed by atoms with Crippen LogP contribution in [0.1, 0.15) is 16.0 Å². The molecule has 2 heterocycles. The molecule has 0 radical (unpaired) electrons. The van der Waals surface area contributed by atoms with E-state index in [9.17, 15) is 8.42 Å². The van der Waals surface area contributed by atoms with Gasteiger partial charge in [-0.2, -0.15) is 0 Å². The van der Waals surface area contributed by atoms with Gasteiger partial charge < -0.3 is 5.73 Å². The van der Waals surface area contributed by atoms with Gasteiger partial charge in [0.15, 0.2) is 0 Å². The molecule has 106 valence electrons. The van der Waals surface area contributed by atoms with Crippen molar-refractivity contribution in [3.8, 4) is 0 Å². The van der Waals surface area contributed by atoms with Crippen LogP contribution in [-0.4, -0.2) is 18.4 Å². The fraction of sp³-hybridized carbons (Fsp3) is 0.167. The Kier molecular flexibility index (Phi) is 4.48. The van der Waals surface area contributed by atoms with Gasteiger partial charge in [-0.1, -0.05) is 12.2 Å². The summed E-state index contributed by atoms with van der Waals surface area (Å²) in [5, 5.41) is 0. The largest absolute Gasteiger partial charge is 0.389 e. The molecule has 3 N–H and O–H groups in total. The van der Waals surface area contributed by atoms with Gasteiger partial charge in [0.25, 0.3) is 0 Å². The molecule has 0 bridgehead atoms. The van der Waals surface area contributed by atoms with Crippen molar-refractivity contribution in [2.45, 2.75) is 17.7 Å². The Bertz CT molecular complexity index is 738. The maximum Gasteiger partial charge on any atom is 0.250 e. The van der Waals surface area contributed by atoms with Crippen molar-refractivity contribution in [1.29, 1.82) is 0 Å². The first-order valence-electron chi connectivity index (χ1n) is 5.69. The Morgan fingerprint density at radius 2 is 2.20 bits per heavy atom. The van der Waals surface area contributed by atoms with E-state index < -0.39 is 10.0 Å². The summed E-state index contributed by atoms with van der Waals surface area (Å²) in [6, 6.07) is 4.94. The zero-order valence-corrected chi connectivity index (χ0v) is 13.1. The summed E-state index contributed by atoms with van der Waals surface area (Å²) in [4.78, 5) is 4.76. The van der Waals surface area contributed by atoms with E-state index in [2.05, 4.69) is 9.71 Å². The minimum atomic E-state index is -3.56. The molecule has 0 aromatic carbocycles. The average molecular weight is 327 g/mol. The third-order valence-electron chi connectivity index (χ3n) is 2.69. The van der Waals surface area contributed by atoms with Gasteiger partial charge in [0.2, 0.25) is 10.0 Å². The summed E-state index contributed by atoms with van der Waals surface area (Å²) in [5.41, 5.74) is 7.29. The Balaban J connectivity index is 2.15. The standard InChI is InChI=1S/C12H13N3O2S3/c1-8-4-5-14-6-9(8)7-15-20(16,17)11-3-2-10(19-11)12(13)18/h2-6,15H,7H2,1H3,(H2,13,18). The molecule has 8 heteroatoms. The minimum Gasteiger partial charge on any atom is -0.389 e. The number of rotatable bonds is 5. The van der Waals surface area contributed by atoms with Crippen molar-refractivity contribution in [3.63, 3.8) is 0 Å². The Morgan fingerprint density at radius 1 is 1.45 bits per heavy atom. The first kappa shape index (κ1) is 15.0. The van der Waals surface area contributed by atoms with Crippen LogP contribution in [0.15, 0.2) is 34.8 Å². The summed E-state index contributed by atoms with van der Waals surface area (Å²) in [6.07, 6.45) is 3.31. The average Bonchev–Trinajstić information content (AvgIpc) is 2.88. The maximum absolute atomic E-state index is 12.1. The van der Waals surface area contributed by atoms with Crippen LogP contribution in [0.25, 0.3) is 0 Å². The first-order valence-corrected chi connectivity index (χ1v) is 8.40. The van der Waals surface area contributed by atoms with Gasteiger partial charge >= 0.3 is 0 Å². The summed E-state index contributed by atoms with van der Waals surface area (Å²) in [7, 11) is -3.56. The number of thiocarbonyl (C=S) groups is 1. The number of nitrogens with one attached hydrogen (secondary N) is 1. The third-order valence-corrected chi connectivity index (χ3v) is 6.05. The zero-order valence-electron chi connectivity index (χ0n) is 10.7. The molecular formula is C12H13N3O2S3. The van der Waals surface area contributed by atoms with Crippen LogP contribution in [0, 0.1) is 6.92 Å². The van der Waals surface area contributed by atoms with Crippen molar-refractivity contribution < 1.29 is 8.42 Å². The number of nitrogens with zero attached hydrogens (tertiary/aromatic N) is 1. The van der Waals surface area contributed by atoms with E-state index >= 15 is 0 Å². The molecule has 0 aliphatic carbocycles. The van der Waals surface area contributed by atoms with Gasteiger partial charge in [0.05, 0.1) is 4.88 Å². The molecule has 0 saturated carbocycles. The fourth-order valence-corrected chi connectivity index (χ4v) is 3.93. The van der Waals surface area contributed by atoms with E-state index in [4.69, 9.17) is 18.0 Å². The van der Waals surface area contributed by atoms with Crippen LogP contribution < -0.4 is 10.5 Å². The Labute approximate surface area is 126 Å². The molecule has 5 nitrogen and oxygen atoms in total. The van der Waals surface area contributed by atoms with E-state index in [1.165, 1.54) is 6.07 Å². The molecule has 0 amide bonds. The summed E-state index contributed by atoms with van der Waals surface area (Å²) < 4.78 is 27.0. The lowest BCUT2D eigenvalue weighted by Crippen LogP contribution is -2.22. The molecule has 2 aromatic heterocycles. The third kappa shape index (κ3) is 3.40. The van der Waals surface area contributed by atoms with Crippen molar-refractivity contribution in [3.05, 3.63) is 46.6 Å². The van der Waals surface area contributed by atoms with Crippen molar-refractivity contribution in [2.24, 2.45) is 5.73 Å². The molecule has 0 atom stereocenters. The van der Waals surface area contributed by atoms with E-state index in [0.717, 1.165) is 22.5 Å². The number of aryl methyl sites for hydroxylation is 1. The minimum absolute atomic E-state index is 0.194. The van der Waals surface area contributed by atoms with Crippen LogP contribution in [0.4, 0.5) is 0 Å². The van der Waals surface area contributed by atoms with Crippen LogP contribution in [0.5, 0.6) is 0 Å². The normalized spacial score (nSPS) is 11.4. The second kappa shape index (κ2) is 5.96. The number of thiophene rings is 1. The predicted octanol–water partition coefficient (Wildman–Crippen LogP) is 1.56. The first-order chi connectivity index (χ1) is 9.40. The van der Waals surface area contributed by atoms with Gasteiger partial charge in [-0.25, -0.2) is 13.1 Å². The second-order valence-corrected chi connectivity index (χ2v) is 7.63. The number of hydrogen-bond donors (Lipinski definition) is 2. The van der Waals surface area contributed by atoms with E-state index in [1.54, 1.807) is 18.5 Å². The Hall–Kier alpha value is -1.35. The lowest BCUT2D eigenvalue weighted by Gasteiger charge is -2.06. The van der Waals surface area contributed by atoms with Gasteiger partial charge in [0, 0.05) is 18.9 Å². The van der Waals surface area contributed by atoms with E-state index in [0.29, 0.717) is 4.88 Å². The number of aromatic nitrogens is 1. The second-order valence-electron chi connectivity index (χ2n) is 4.11. The highest BCUT2D eigenvalue weighted by Crippen LogP contribution is 2.21. The molecule has 20 heavy (non-hydrogen) atoms. The summed E-state index contributed by atoms with van der Waals surface area (Å²) in [6.45, 7) is 2.10. The quantitative estimate of drug-likeness (QED) is 0.814. The molecule has 2 aromatic rings. The van der Waals surface area contributed by atoms with Gasteiger partial charge in [-0.05, 0) is 36.2 Å². The van der Waals surface area contributed by atoms with Crippen LogP contribution in [0.3, 0.4) is 0 Å². The SMILES string of the molecule is Cc1ccncc1CNS(=O)(=O)c1ccc(C(N)=S)s1. The fourth-order valence-electron chi connectivity index (χ4n) is 1.52. The monoisotopic (exact) mass is 327 g/mol. The Morgan fingerprint density at radius 3 is 2.80 bits per heavy atom. The smallest absolute Gasteiger partial charge is 0.250 e. The van der Waals surface area contributed by atoms with Gasteiger partial charge in [-0.3, -0.25) is 4.98 Å². The predicted molar refractivity (Wildman–Crippen MR) is 83.2 cm³/mol. The number of pyridine rings is 1. The van der Waals surface area contributed by atoms with E-state index in [1.807, 2.05) is 13.0 Å². The molecule has 0 aliphatic rings. The van der Waals surface area contributed by atoms with Crippen molar-refractivity contribution in [1.82, 2.24) is 9.71 Å². The number of sulfonamides is 1. The van der Waals surface area contributed by atoms with Crippen LogP contribution >= 0.6 is 23.6 Å². The topological polar surface area (TPSA) is 85.1 Å². The van der Waals surface area contributed by atoms with Crippen molar-refractivity contribution >= 4 is 38.6 Å². The molecule has 0 fully saturated rings. The highest BCUT2D eigenvalue weighted by atomic mass is 32.2. The zero-order chi connectivity index (χ0) is 14.8. The highest BCUT2D eigenvalue weighted by Gasteiger charge is 2.17. The van der Waals surface area contributed by atoms with Crippen LogP contribution in [0.2, 0.25) is 0 Å². The molecular weight excluding hydrogens is 314 g/mol. The highest BCUT2D eigenvalue weighted by molar-refractivity contribution is 7.91. The summed E-state index contributed by atoms with van der Waals surface area (Å²) >= 11 is 5.88. The number of nitrogens with two attached hydrogens (primary N) is 1. The molecule has 0 saturated heterocycles. The van der Waals surface area contributed by atoms with Gasteiger partial charge in [0.1, 0.15) is 9.20 Å². The molecule has 2 rings (SSSR count). The summed E-state index contributed by atoms with van der Waals surface area (Å²) in [5.74, 6) is 0. The lowest BCUT2D eigenvalue weighted by molar-refractivity contribution is 0.583. The van der Waals surface area contributed by atoms with Gasteiger partial charge in [-0.15, -0.1) is 11.3 Å². The van der Waals surface area contributed by atoms with Crippen molar-refractivity contribution in [2.75, 3.05) is 0 Å². The molecule has 0 spiro atoms. The lowest BCUT2D eigenvalue weighted by atomic mass is 10.2. The molecule has 0 unspecified atom stereocenters. The van der Waals surface area contributed by atoms with Crippen LogP contribution in [-0.2, 0) is 16.6 Å². The van der Waals surface area contributed by atoms with E-state index in [-0.39, 0.29) is 15.7 Å². The number of hydrogen-bond acceptors (Lipinski definition) is 5.